The van der Waals surface area contributed by atoms with E-state index in [1.54, 1.807) is 40.0 Å². The predicted molar refractivity (Wildman–Crippen MR) is 110 cm³/mol. The lowest BCUT2D eigenvalue weighted by Crippen LogP contribution is -2.54. The second-order valence-corrected chi connectivity index (χ2v) is 8.50. The average molecular weight is 430 g/mol. The van der Waals surface area contributed by atoms with Crippen LogP contribution in [0.5, 0.6) is 0 Å². The van der Waals surface area contributed by atoms with Crippen molar-refractivity contribution in [2.45, 2.75) is 45.3 Å². The number of ether oxygens (including phenoxy) is 1. The van der Waals surface area contributed by atoms with Gasteiger partial charge in [0.15, 0.2) is 0 Å². The summed E-state index contributed by atoms with van der Waals surface area (Å²) in [6.45, 7) is 5.95. The highest BCUT2D eigenvalue weighted by Gasteiger charge is 2.45. The van der Waals surface area contributed by atoms with E-state index in [1.165, 1.54) is 11.0 Å². The molecule has 0 aromatic heterocycles. The fourth-order valence-electron chi connectivity index (χ4n) is 3.45. The molecule has 0 radical (unpaired) electrons. The third kappa shape index (κ3) is 4.68. The van der Waals surface area contributed by atoms with Crippen LogP contribution in [0.2, 0.25) is 0 Å². The number of nitrogens with one attached hydrogen (secondary N) is 2. The third-order valence-corrected chi connectivity index (χ3v) is 4.94. The molecule has 2 N–H and O–H groups in total. The molecular weight excluding hydrogens is 404 g/mol. The lowest BCUT2D eigenvalue weighted by Gasteiger charge is -2.27. The molecule has 0 aliphatic carbocycles. The number of carbonyl (C=O) groups is 5. The number of imide groups is 2. The van der Waals surface area contributed by atoms with E-state index >= 15 is 0 Å². The van der Waals surface area contributed by atoms with Gasteiger partial charge in [0.2, 0.25) is 11.8 Å². The zero-order chi connectivity index (χ0) is 22.9. The van der Waals surface area contributed by atoms with Gasteiger partial charge in [-0.2, -0.15) is 0 Å². The first-order valence-corrected chi connectivity index (χ1v) is 10.0. The van der Waals surface area contributed by atoms with E-state index in [9.17, 15) is 24.0 Å². The monoisotopic (exact) mass is 430 g/mol. The zero-order valence-electron chi connectivity index (χ0n) is 18.0. The molecule has 5 amide bonds. The van der Waals surface area contributed by atoms with E-state index in [4.69, 9.17) is 4.74 Å². The molecule has 1 aromatic rings. The van der Waals surface area contributed by atoms with Crippen LogP contribution in [-0.4, -0.2) is 71.3 Å². The van der Waals surface area contributed by atoms with Crippen molar-refractivity contribution < 1.29 is 28.7 Å². The molecule has 166 valence electrons. The van der Waals surface area contributed by atoms with E-state index in [0.29, 0.717) is 18.8 Å². The molecule has 10 heteroatoms. The molecule has 2 aliphatic rings. The van der Waals surface area contributed by atoms with Gasteiger partial charge in [0.05, 0.1) is 11.1 Å². The number of hydrogen-bond acceptors (Lipinski definition) is 7. The van der Waals surface area contributed by atoms with Crippen molar-refractivity contribution in [2.24, 2.45) is 0 Å². The molecule has 0 spiro atoms. The van der Waals surface area contributed by atoms with Crippen LogP contribution >= 0.6 is 0 Å². The Hall–Kier alpha value is -3.43. The molecule has 3 rings (SSSR count). The molecule has 1 unspecified atom stereocenters. The molecule has 0 saturated carbocycles. The van der Waals surface area contributed by atoms with Crippen LogP contribution in [0.15, 0.2) is 18.2 Å². The maximum absolute atomic E-state index is 13.0. The largest absolute Gasteiger partial charge is 0.444 e. The summed E-state index contributed by atoms with van der Waals surface area (Å²) in [7, 11) is 1.60. The second kappa shape index (κ2) is 8.37. The van der Waals surface area contributed by atoms with Gasteiger partial charge in [0, 0.05) is 32.2 Å². The minimum Gasteiger partial charge on any atom is -0.444 e. The topological polar surface area (TPSA) is 125 Å². The normalized spacial score (nSPS) is 18.6. The summed E-state index contributed by atoms with van der Waals surface area (Å²) < 4.78 is 5.30. The highest BCUT2D eigenvalue weighted by Crippen LogP contribution is 2.32. The van der Waals surface area contributed by atoms with Crippen LogP contribution in [0.3, 0.4) is 0 Å². The number of likely N-dealkylation sites (N-methyl/N-ethyl adjacent to an activating group) is 1. The predicted octanol–water partition coefficient (Wildman–Crippen LogP) is 1.37. The summed E-state index contributed by atoms with van der Waals surface area (Å²) >= 11 is 0. The minimum absolute atomic E-state index is 0.0614. The number of anilines is 1. The van der Waals surface area contributed by atoms with Gasteiger partial charge >= 0.3 is 6.09 Å². The molecule has 2 aliphatic heterocycles. The van der Waals surface area contributed by atoms with Crippen molar-refractivity contribution in [3.05, 3.63) is 29.3 Å². The maximum Gasteiger partial charge on any atom is 0.410 e. The van der Waals surface area contributed by atoms with Gasteiger partial charge in [-0.3, -0.25) is 29.4 Å². The second-order valence-electron chi connectivity index (χ2n) is 8.50. The van der Waals surface area contributed by atoms with Crippen molar-refractivity contribution in [3.8, 4) is 0 Å². The lowest BCUT2D eigenvalue weighted by atomic mass is 10.0. The summed E-state index contributed by atoms with van der Waals surface area (Å²) in [4.78, 5) is 63.8. The fraction of sp³-hybridized carbons (Fsp3) is 0.476. The van der Waals surface area contributed by atoms with Crippen LogP contribution in [0, 0.1) is 0 Å². The van der Waals surface area contributed by atoms with Crippen LogP contribution in [0.25, 0.3) is 0 Å². The highest BCUT2D eigenvalue weighted by molar-refractivity contribution is 6.25. The summed E-state index contributed by atoms with van der Waals surface area (Å²) in [6.07, 6.45) is -0.311. The molecular formula is C21H26N4O6. The van der Waals surface area contributed by atoms with Crippen molar-refractivity contribution in [2.75, 3.05) is 25.5 Å². The summed E-state index contributed by atoms with van der Waals surface area (Å²) in [5, 5.41) is 5.26. The molecule has 10 nitrogen and oxygen atoms in total. The smallest absolute Gasteiger partial charge is 0.410 e. The molecule has 1 saturated heterocycles. The number of amides is 5. The van der Waals surface area contributed by atoms with Gasteiger partial charge in [-0.05, 0) is 39.3 Å². The maximum atomic E-state index is 13.0. The Morgan fingerprint density at radius 1 is 1.23 bits per heavy atom. The van der Waals surface area contributed by atoms with Gasteiger partial charge in [0.1, 0.15) is 11.6 Å². The highest BCUT2D eigenvalue weighted by atomic mass is 16.6. The summed E-state index contributed by atoms with van der Waals surface area (Å²) in [6, 6.07) is 3.80. The van der Waals surface area contributed by atoms with Gasteiger partial charge in [-0.25, -0.2) is 4.79 Å². The van der Waals surface area contributed by atoms with Crippen LogP contribution in [0.1, 0.15) is 54.3 Å². The van der Waals surface area contributed by atoms with Crippen LogP contribution in [-0.2, 0) is 14.3 Å². The van der Waals surface area contributed by atoms with Crippen molar-refractivity contribution >= 4 is 35.4 Å². The number of benzene rings is 1. The van der Waals surface area contributed by atoms with E-state index in [1.807, 2.05) is 0 Å². The molecule has 2 heterocycles. The van der Waals surface area contributed by atoms with E-state index in [0.717, 1.165) is 4.90 Å². The minimum atomic E-state index is -1.02. The van der Waals surface area contributed by atoms with Crippen molar-refractivity contribution in [1.82, 2.24) is 15.1 Å². The first-order valence-electron chi connectivity index (χ1n) is 10.0. The van der Waals surface area contributed by atoms with Gasteiger partial charge in [-0.15, -0.1) is 0 Å². The third-order valence-electron chi connectivity index (χ3n) is 4.94. The van der Waals surface area contributed by atoms with Crippen LogP contribution < -0.4 is 10.6 Å². The van der Waals surface area contributed by atoms with E-state index in [-0.39, 0.29) is 24.0 Å². The number of hydrogen-bond donors (Lipinski definition) is 2. The number of rotatable bonds is 5. The van der Waals surface area contributed by atoms with Crippen molar-refractivity contribution in [3.63, 3.8) is 0 Å². The average Bonchev–Trinajstić information content (AvgIpc) is 2.92. The Bertz CT molecular complexity index is 952. The zero-order valence-corrected chi connectivity index (χ0v) is 18.0. The van der Waals surface area contributed by atoms with Gasteiger partial charge < -0.3 is 15.0 Å². The Morgan fingerprint density at radius 3 is 2.58 bits per heavy atom. The molecule has 1 aromatic carbocycles. The quantitative estimate of drug-likeness (QED) is 0.676. The van der Waals surface area contributed by atoms with Gasteiger partial charge in [-0.1, -0.05) is 6.07 Å². The Balaban J connectivity index is 1.70. The van der Waals surface area contributed by atoms with E-state index < -0.39 is 41.4 Å². The lowest BCUT2D eigenvalue weighted by molar-refractivity contribution is -0.136. The van der Waals surface area contributed by atoms with Crippen LogP contribution in [0.4, 0.5) is 10.5 Å². The summed E-state index contributed by atoms with van der Waals surface area (Å²) in [5.74, 6) is -2.23. The number of fused-ring (bicyclic) bond motifs is 1. The Morgan fingerprint density at radius 2 is 1.94 bits per heavy atom. The van der Waals surface area contributed by atoms with Gasteiger partial charge in [0.25, 0.3) is 11.8 Å². The van der Waals surface area contributed by atoms with E-state index in [2.05, 4.69) is 10.6 Å². The molecule has 31 heavy (non-hydrogen) atoms. The Kier molecular flexibility index (Phi) is 6.01. The number of piperidine rings is 1. The first-order chi connectivity index (χ1) is 14.5. The SMILES string of the molecule is CN(CCNc1cccc2c1C(=O)N(C1CCC(=O)NC1=O)C2=O)C(=O)OC(C)(C)C. The summed E-state index contributed by atoms with van der Waals surface area (Å²) in [5.41, 5.74) is 0.200. The first kappa shape index (κ1) is 22.3. The number of carbonyl (C=O) groups excluding carboxylic acids is 5. The standard InChI is InChI=1S/C21H26N4O6/c1-21(2,3)31-20(30)24(4)11-10-22-13-7-5-6-12-16(13)19(29)25(18(12)28)14-8-9-15(26)23-17(14)27/h5-7,14,22H,8-11H2,1-4H3,(H,23,26,27). The fourth-order valence-corrected chi connectivity index (χ4v) is 3.45. The Labute approximate surface area is 179 Å². The number of nitrogens with zero attached hydrogens (tertiary/aromatic N) is 2. The van der Waals surface area contributed by atoms with Crippen molar-refractivity contribution in [1.29, 1.82) is 0 Å². The molecule has 0 bridgehead atoms. The molecule has 1 atom stereocenters. The molecule has 1 fully saturated rings.